The van der Waals surface area contributed by atoms with Gasteiger partial charge in [-0.05, 0) is 82.2 Å². The number of rotatable bonds is 6. The molecule has 1 atom stereocenters. The lowest BCUT2D eigenvalue weighted by Gasteiger charge is -2.26. The van der Waals surface area contributed by atoms with Crippen LogP contribution in [0.1, 0.15) is 11.8 Å². The molecule has 3 nitrogen and oxygen atoms in total. The topological polar surface area (TPSA) is 24.5 Å². The highest BCUT2D eigenvalue weighted by molar-refractivity contribution is 7.25. The van der Waals surface area contributed by atoms with Gasteiger partial charge in [0.05, 0.1) is 5.69 Å². The molecule has 0 amide bonds. The van der Waals surface area contributed by atoms with Crippen molar-refractivity contribution in [1.29, 1.82) is 0 Å². The first-order valence-electron chi connectivity index (χ1n) is 17.3. The average molecular weight is 673 g/mol. The third-order valence-corrected chi connectivity index (χ3v) is 11.1. The Labute approximate surface area is 300 Å². The van der Waals surface area contributed by atoms with Crippen LogP contribution in [0.3, 0.4) is 0 Å². The molecule has 242 valence electrons. The number of nitrogens with one attached hydrogen (secondary N) is 1. The summed E-state index contributed by atoms with van der Waals surface area (Å²) in [6.45, 7) is 0. The third-order valence-electron chi connectivity index (χ3n) is 9.92. The van der Waals surface area contributed by atoms with Crippen molar-refractivity contribution in [2.75, 3.05) is 10.2 Å². The Balaban J connectivity index is 1.03. The number of benzene rings is 8. The molecule has 2 heterocycles. The van der Waals surface area contributed by atoms with Crippen molar-refractivity contribution < 1.29 is 4.74 Å². The van der Waals surface area contributed by atoms with Crippen LogP contribution in [0.15, 0.2) is 182 Å². The van der Waals surface area contributed by atoms with E-state index in [9.17, 15) is 0 Å². The van der Waals surface area contributed by atoms with E-state index in [1.165, 1.54) is 36.7 Å². The third kappa shape index (κ3) is 5.29. The van der Waals surface area contributed by atoms with Gasteiger partial charge in [0.2, 0.25) is 0 Å². The molecule has 1 N–H and O–H groups in total. The molecule has 8 aromatic carbocycles. The lowest BCUT2D eigenvalue weighted by atomic mass is 9.99. The zero-order valence-electron chi connectivity index (χ0n) is 27.7. The van der Waals surface area contributed by atoms with Gasteiger partial charge in [-0.2, -0.15) is 0 Å². The van der Waals surface area contributed by atoms with Crippen molar-refractivity contribution in [2.45, 2.75) is 6.23 Å². The number of hydrogen-bond donors (Lipinski definition) is 1. The number of fused-ring (bicyclic) bond motifs is 6. The number of nitrogens with zero attached hydrogens (tertiary/aromatic N) is 1. The van der Waals surface area contributed by atoms with Gasteiger partial charge in [0.25, 0.3) is 0 Å². The molecule has 0 aliphatic carbocycles. The fraction of sp³-hybridized carbons (Fsp3) is 0.0213. The Kier molecular flexibility index (Phi) is 7.07. The van der Waals surface area contributed by atoms with Gasteiger partial charge >= 0.3 is 0 Å². The fourth-order valence-electron chi connectivity index (χ4n) is 7.33. The van der Waals surface area contributed by atoms with Gasteiger partial charge in [0, 0.05) is 48.2 Å². The Morgan fingerprint density at radius 1 is 0.451 bits per heavy atom. The molecule has 10 rings (SSSR count). The summed E-state index contributed by atoms with van der Waals surface area (Å²) in [5.41, 5.74) is 10.2. The molecule has 0 spiro atoms. The van der Waals surface area contributed by atoms with Crippen LogP contribution in [-0.2, 0) is 0 Å². The first-order valence-corrected chi connectivity index (χ1v) is 18.1. The quantitative estimate of drug-likeness (QED) is 0.190. The van der Waals surface area contributed by atoms with Crippen LogP contribution >= 0.6 is 11.3 Å². The second-order valence-electron chi connectivity index (χ2n) is 13.0. The Morgan fingerprint density at radius 3 is 1.80 bits per heavy atom. The van der Waals surface area contributed by atoms with Gasteiger partial charge in [-0.15, -0.1) is 11.3 Å². The maximum atomic E-state index is 6.33. The highest BCUT2D eigenvalue weighted by atomic mass is 32.1. The smallest absolute Gasteiger partial charge is 0.196 e. The average Bonchev–Trinajstić information content (AvgIpc) is 3.81. The Bertz CT molecular complexity index is 2680. The summed E-state index contributed by atoms with van der Waals surface area (Å²) < 4.78 is 8.93. The summed E-state index contributed by atoms with van der Waals surface area (Å²) in [5, 5.41) is 8.59. The number of anilines is 4. The number of thiophene rings is 1. The second kappa shape index (κ2) is 12.2. The van der Waals surface area contributed by atoms with E-state index in [1.807, 2.05) is 29.5 Å². The van der Waals surface area contributed by atoms with E-state index in [0.717, 1.165) is 50.6 Å². The monoisotopic (exact) mass is 672 g/mol. The lowest BCUT2D eigenvalue weighted by Crippen LogP contribution is -2.09. The standard InChI is InChI=1S/C47H32N2OS/c1-3-9-31(10-4-1)32-17-22-37(23-18-32)49(39-26-27-41-40-13-7-8-14-44(40)51-45(41)30-39)38-24-19-33(20-25-38)36-16-15-34-21-28-43-46(42(34)29-36)48-47(50-43)35-11-5-2-6-12-35/h1-30,47-48H. The van der Waals surface area contributed by atoms with Crippen LogP contribution in [0, 0.1) is 0 Å². The van der Waals surface area contributed by atoms with E-state index >= 15 is 0 Å². The highest BCUT2D eigenvalue weighted by Gasteiger charge is 2.25. The molecular weight excluding hydrogens is 641 g/mol. The van der Waals surface area contributed by atoms with Crippen LogP contribution in [0.25, 0.3) is 53.2 Å². The van der Waals surface area contributed by atoms with Gasteiger partial charge < -0.3 is 15.0 Å². The molecule has 0 radical (unpaired) electrons. The maximum absolute atomic E-state index is 6.33. The summed E-state index contributed by atoms with van der Waals surface area (Å²) in [7, 11) is 0. The Hall–Kier alpha value is -6.36. The molecule has 1 aromatic heterocycles. The summed E-state index contributed by atoms with van der Waals surface area (Å²) in [6, 6.07) is 65.2. The van der Waals surface area contributed by atoms with Gasteiger partial charge in [-0.25, -0.2) is 0 Å². The molecule has 0 fully saturated rings. The lowest BCUT2D eigenvalue weighted by molar-refractivity contribution is 0.260. The van der Waals surface area contributed by atoms with Crippen molar-refractivity contribution in [3.63, 3.8) is 0 Å². The maximum Gasteiger partial charge on any atom is 0.196 e. The molecular formula is C47H32N2OS. The molecule has 1 aliphatic rings. The number of ether oxygens (including phenoxy) is 1. The van der Waals surface area contributed by atoms with Crippen molar-refractivity contribution in [1.82, 2.24) is 0 Å². The van der Waals surface area contributed by atoms with Crippen molar-refractivity contribution >= 4 is 65.0 Å². The first-order chi connectivity index (χ1) is 25.2. The summed E-state index contributed by atoms with van der Waals surface area (Å²) in [6.07, 6.45) is -0.200. The van der Waals surface area contributed by atoms with Crippen LogP contribution in [0.4, 0.5) is 22.7 Å². The van der Waals surface area contributed by atoms with Gasteiger partial charge in [0.15, 0.2) is 6.23 Å². The molecule has 51 heavy (non-hydrogen) atoms. The van der Waals surface area contributed by atoms with E-state index < -0.39 is 0 Å². The second-order valence-corrected chi connectivity index (χ2v) is 14.1. The SMILES string of the molecule is c1ccc(-c2ccc(N(c3ccc(-c4ccc5ccc6c(c5c4)NC(c4ccccc4)O6)cc3)c3ccc4c(c3)sc3ccccc34)cc2)cc1. The van der Waals surface area contributed by atoms with E-state index in [1.54, 1.807) is 0 Å². The fourth-order valence-corrected chi connectivity index (χ4v) is 8.47. The molecule has 9 aromatic rings. The minimum absolute atomic E-state index is 0.200. The van der Waals surface area contributed by atoms with Crippen molar-refractivity contribution in [3.05, 3.63) is 188 Å². The molecule has 1 unspecified atom stereocenters. The molecule has 1 aliphatic heterocycles. The van der Waals surface area contributed by atoms with Gasteiger partial charge in [-0.1, -0.05) is 127 Å². The van der Waals surface area contributed by atoms with Gasteiger partial charge in [-0.3, -0.25) is 0 Å². The zero-order chi connectivity index (χ0) is 33.7. The van der Waals surface area contributed by atoms with Crippen LogP contribution in [0.5, 0.6) is 5.75 Å². The highest BCUT2D eigenvalue weighted by Crippen LogP contribution is 2.45. The minimum Gasteiger partial charge on any atom is -0.464 e. The van der Waals surface area contributed by atoms with Crippen LogP contribution < -0.4 is 15.0 Å². The largest absolute Gasteiger partial charge is 0.464 e. The van der Waals surface area contributed by atoms with Crippen molar-refractivity contribution in [3.8, 4) is 28.0 Å². The molecule has 4 heteroatoms. The van der Waals surface area contributed by atoms with E-state index in [2.05, 4.69) is 174 Å². The Morgan fingerprint density at radius 2 is 1.04 bits per heavy atom. The van der Waals surface area contributed by atoms with Gasteiger partial charge in [0.1, 0.15) is 5.75 Å². The van der Waals surface area contributed by atoms with Crippen molar-refractivity contribution in [2.24, 2.45) is 0 Å². The first kappa shape index (κ1) is 29.5. The van der Waals surface area contributed by atoms with E-state index in [4.69, 9.17) is 4.74 Å². The summed E-state index contributed by atoms with van der Waals surface area (Å²) >= 11 is 1.85. The van der Waals surface area contributed by atoms with E-state index in [-0.39, 0.29) is 6.23 Å². The summed E-state index contributed by atoms with van der Waals surface area (Å²) in [5.74, 6) is 0.883. The van der Waals surface area contributed by atoms with Crippen LogP contribution in [0.2, 0.25) is 0 Å². The summed E-state index contributed by atoms with van der Waals surface area (Å²) in [4.78, 5) is 2.36. The predicted molar refractivity (Wildman–Crippen MR) is 216 cm³/mol. The zero-order valence-corrected chi connectivity index (χ0v) is 28.5. The molecule has 0 bridgehead atoms. The van der Waals surface area contributed by atoms with Crippen LogP contribution in [-0.4, -0.2) is 0 Å². The number of hydrogen-bond acceptors (Lipinski definition) is 4. The normalized spacial score (nSPS) is 13.6. The van der Waals surface area contributed by atoms with E-state index in [0.29, 0.717) is 0 Å². The molecule has 0 saturated heterocycles. The minimum atomic E-state index is -0.200. The predicted octanol–water partition coefficient (Wildman–Crippen LogP) is 13.5. The molecule has 0 saturated carbocycles.